The third kappa shape index (κ3) is 4.56. The van der Waals surface area contributed by atoms with Crippen molar-refractivity contribution in [3.63, 3.8) is 0 Å². The normalized spacial score (nSPS) is 11.6. The van der Waals surface area contributed by atoms with Gasteiger partial charge in [0.25, 0.3) is 0 Å². The summed E-state index contributed by atoms with van der Waals surface area (Å²) >= 11 is 0. The lowest BCUT2D eigenvalue weighted by Crippen LogP contribution is -2.10. The number of nitrogens with zero attached hydrogens (tertiary/aromatic N) is 2. The van der Waals surface area contributed by atoms with Crippen LogP contribution in [0.3, 0.4) is 0 Å². The van der Waals surface area contributed by atoms with Crippen molar-refractivity contribution >= 4 is 38.6 Å². The Morgan fingerprint density at radius 1 is 0.400 bits per heavy atom. The average Bonchev–Trinajstić information content (AvgIpc) is 3.76. The zero-order chi connectivity index (χ0) is 33.0. The van der Waals surface area contributed by atoms with Gasteiger partial charge in [0.2, 0.25) is 5.89 Å². The second kappa shape index (κ2) is 11.5. The van der Waals surface area contributed by atoms with Crippen molar-refractivity contribution in [2.45, 2.75) is 0 Å². The fourth-order valence-corrected chi connectivity index (χ4v) is 7.49. The Hall–Kier alpha value is -6.71. The minimum absolute atomic E-state index is 0.656. The molecular weight excluding hydrogens is 609 g/mol. The second-order valence-corrected chi connectivity index (χ2v) is 12.7. The Balaban J connectivity index is 1.06. The van der Waals surface area contributed by atoms with E-state index >= 15 is 0 Å². The van der Waals surface area contributed by atoms with E-state index in [-0.39, 0.29) is 0 Å². The van der Waals surface area contributed by atoms with Crippen molar-refractivity contribution in [2.24, 2.45) is 0 Å². The maximum absolute atomic E-state index is 6.40. The number of benzene rings is 8. The van der Waals surface area contributed by atoms with E-state index in [4.69, 9.17) is 9.40 Å². The van der Waals surface area contributed by atoms with Gasteiger partial charge in [-0.3, -0.25) is 0 Å². The fraction of sp³-hybridized carbons (Fsp3) is 0. The molecule has 50 heavy (non-hydrogen) atoms. The van der Waals surface area contributed by atoms with Gasteiger partial charge >= 0.3 is 0 Å². The van der Waals surface area contributed by atoms with Gasteiger partial charge in [-0.2, -0.15) is 0 Å². The molecule has 0 amide bonds. The topological polar surface area (TPSA) is 29.3 Å². The monoisotopic (exact) mass is 638 g/mol. The van der Waals surface area contributed by atoms with Crippen LogP contribution in [0.5, 0.6) is 0 Å². The van der Waals surface area contributed by atoms with Crippen molar-refractivity contribution in [1.29, 1.82) is 0 Å². The van der Waals surface area contributed by atoms with Crippen molar-refractivity contribution in [3.8, 4) is 56.3 Å². The van der Waals surface area contributed by atoms with E-state index in [1.165, 1.54) is 38.2 Å². The van der Waals surface area contributed by atoms with Crippen molar-refractivity contribution in [3.05, 3.63) is 182 Å². The Bertz CT molecular complexity index is 2640. The first-order valence-electron chi connectivity index (χ1n) is 17.0. The summed E-state index contributed by atoms with van der Waals surface area (Å²) in [6, 6.07) is 64.6. The molecule has 0 atom stereocenters. The number of hydrogen-bond acceptors (Lipinski definition) is 3. The summed E-state index contributed by atoms with van der Waals surface area (Å²) in [4.78, 5) is 7.33. The molecule has 3 heteroatoms. The molecule has 1 heterocycles. The SMILES string of the molecule is c1ccc(-c2ccc(N(c3ccc(-c4ccc5c6c(cccc46)-c4nc(-c6ccccc6)oc4-5)cc3)c3cccc4ccccc34)cc2)cc1. The second-order valence-electron chi connectivity index (χ2n) is 12.7. The van der Waals surface area contributed by atoms with E-state index in [0.717, 1.165) is 50.8 Å². The number of rotatable bonds is 6. The quantitative estimate of drug-likeness (QED) is 0.181. The zero-order valence-electron chi connectivity index (χ0n) is 27.1. The molecule has 0 saturated carbocycles. The molecule has 1 aliphatic rings. The summed E-state index contributed by atoms with van der Waals surface area (Å²) in [5.74, 6) is 1.50. The predicted octanol–water partition coefficient (Wildman–Crippen LogP) is 13.1. The highest BCUT2D eigenvalue weighted by atomic mass is 16.4. The van der Waals surface area contributed by atoms with Gasteiger partial charge in [-0.25, -0.2) is 4.98 Å². The van der Waals surface area contributed by atoms with Crippen LogP contribution in [-0.4, -0.2) is 4.98 Å². The molecule has 0 bridgehead atoms. The van der Waals surface area contributed by atoms with Gasteiger partial charge in [-0.1, -0.05) is 133 Å². The van der Waals surface area contributed by atoms with E-state index in [2.05, 4.69) is 157 Å². The number of hydrogen-bond donors (Lipinski definition) is 0. The highest BCUT2D eigenvalue weighted by Gasteiger charge is 2.29. The summed E-state index contributed by atoms with van der Waals surface area (Å²) < 4.78 is 6.40. The molecule has 0 saturated heterocycles. The molecule has 9 aromatic rings. The lowest BCUT2D eigenvalue weighted by atomic mass is 9.94. The zero-order valence-corrected chi connectivity index (χ0v) is 27.1. The number of anilines is 3. The first-order valence-corrected chi connectivity index (χ1v) is 17.0. The van der Waals surface area contributed by atoms with Crippen LogP contribution in [-0.2, 0) is 0 Å². The van der Waals surface area contributed by atoms with Crippen molar-refractivity contribution in [1.82, 2.24) is 4.98 Å². The average molecular weight is 639 g/mol. The summed E-state index contributed by atoms with van der Waals surface area (Å²) in [5, 5.41) is 4.82. The molecule has 0 aliphatic heterocycles. The van der Waals surface area contributed by atoms with Crippen LogP contribution < -0.4 is 4.90 Å². The smallest absolute Gasteiger partial charge is 0.227 e. The molecule has 3 nitrogen and oxygen atoms in total. The first-order chi connectivity index (χ1) is 24.8. The highest BCUT2D eigenvalue weighted by molar-refractivity contribution is 6.17. The number of aromatic nitrogens is 1. The molecular formula is C47H30N2O. The summed E-state index contributed by atoms with van der Waals surface area (Å²) in [6.07, 6.45) is 0. The van der Waals surface area contributed by atoms with E-state index < -0.39 is 0 Å². The largest absolute Gasteiger partial charge is 0.435 e. The van der Waals surface area contributed by atoms with Gasteiger partial charge in [0.15, 0.2) is 5.76 Å². The van der Waals surface area contributed by atoms with Crippen LogP contribution >= 0.6 is 0 Å². The predicted molar refractivity (Wildman–Crippen MR) is 207 cm³/mol. The Morgan fingerprint density at radius 2 is 0.980 bits per heavy atom. The van der Waals surface area contributed by atoms with Crippen LogP contribution in [0.25, 0.3) is 77.8 Å². The Labute approximate surface area is 290 Å². The minimum Gasteiger partial charge on any atom is -0.435 e. The Morgan fingerprint density at radius 3 is 1.74 bits per heavy atom. The third-order valence-corrected chi connectivity index (χ3v) is 9.86. The fourth-order valence-electron chi connectivity index (χ4n) is 7.49. The molecule has 0 unspecified atom stereocenters. The molecule has 1 aliphatic carbocycles. The molecule has 0 spiro atoms. The van der Waals surface area contributed by atoms with Crippen LogP contribution in [0.2, 0.25) is 0 Å². The first kappa shape index (κ1) is 28.3. The van der Waals surface area contributed by atoms with Gasteiger partial charge in [0, 0.05) is 38.8 Å². The number of fused-ring (bicyclic) bond motifs is 4. The van der Waals surface area contributed by atoms with E-state index in [1.54, 1.807) is 0 Å². The third-order valence-electron chi connectivity index (χ3n) is 9.86. The van der Waals surface area contributed by atoms with Gasteiger partial charge < -0.3 is 9.32 Å². The molecule has 8 aromatic carbocycles. The summed E-state index contributed by atoms with van der Waals surface area (Å²) in [5.41, 5.74) is 12.2. The highest BCUT2D eigenvalue weighted by Crippen LogP contribution is 2.50. The molecule has 0 radical (unpaired) electrons. The lowest BCUT2D eigenvalue weighted by Gasteiger charge is -2.27. The van der Waals surface area contributed by atoms with Crippen LogP contribution in [0.15, 0.2) is 186 Å². The molecule has 234 valence electrons. The van der Waals surface area contributed by atoms with E-state index in [0.29, 0.717) is 5.89 Å². The van der Waals surface area contributed by atoms with E-state index in [1.807, 2.05) is 30.3 Å². The lowest BCUT2D eigenvalue weighted by molar-refractivity contribution is 0.590. The standard InChI is InChI=1S/C47H30N2O/c1-3-11-31(12-4-1)32-21-25-36(26-22-32)49(43-20-9-16-33-13-7-8-17-39(33)43)37-27-23-34(24-28-37)38-29-30-42-44-40(38)18-10-19-41(44)45-46(42)50-47(48-45)35-14-5-2-6-15-35/h1-30H. The van der Waals surface area contributed by atoms with Crippen molar-refractivity contribution in [2.75, 3.05) is 4.90 Å². The Kier molecular flexibility index (Phi) is 6.49. The van der Waals surface area contributed by atoms with Crippen LogP contribution in [0.4, 0.5) is 17.1 Å². The maximum atomic E-state index is 6.40. The molecule has 0 N–H and O–H groups in total. The molecule has 10 rings (SSSR count). The van der Waals surface area contributed by atoms with Gasteiger partial charge in [0.1, 0.15) is 5.69 Å². The number of oxazole rings is 1. The van der Waals surface area contributed by atoms with Crippen LogP contribution in [0.1, 0.15) is 0 Å². The minimum atomic E-state index is 0.656. The molecule has 1 aromatic heterocycles. The van der Waals surface area contributed by atoms with Gasteiger partial charge in [-0.05, 0) is 81.6 Å². The van der Waals surface area contributed by atoms with Gasteiger partial charge in [-0.15, -0.1) is 0 Å². The summed E-state index contributed by atoms with van der Waals surface area (Å²) in [6.45, 7) is 0. The van der Waals surface area contributed by atoms with Gasteiger partial charge in [0.05, 0.1) is 5.69 Å². The summed E-state index contributed by atoms with van der Waals surface area (Å²) in [7, 11) is 0. The molecule has 0 fully saturated rings. The van der Waals surface area contributed by atoms with Crippen LogP contribution in [0, 0.1) is 0 Å². The van der Waals surface area contributed by atoms with E-state index in [9.17, 15) is 0 Å². The maximum Gasteiger partial charge on any atom is 0.227 e. The van der Waals surface area contributed by atoms with Crippen molar-refractivity contribution < 1.29 is 4.42 Å².